The zero-order chi connectivity index (χ0) is 14.8. The monoisotopic (exact) mass is 279 g/mol. The van der Waals surface area contributed by atoms with Gasteiger partial charge in [0, 0.05) is 0 Å². The number of hydrogen-bond acceptors (Lipinski definition) is 4. The molecule has 114 valence electrons. The van der Waals surface area contributed by atoms with Gasteiger partial charge >= 0.3 is 0 Å². The van der Waals surface area contributed by atoms with E-state index in [0.29, 0.717) is 12.0 Å². The standard InChI is InChI=1S/C15H29N5/c1-6-15(4,5)20-14(16-17-18-20)13(12(2)3)19-10-8-7-9-11-19/h12-13H,6-11H2,1-5H3/t13-/m1/s1. The fourth-order valence-electron chi connectivity index (χ4n) is 3.04. The second-order valence-electron chi connectivity index (χ2n) is 6.90. The molecule has 0 radical (unpaired) electrons. The van der Waals surface area contributed by atoms with E-state index in [4.69, 9.17) is 0 Å². The van der Waals surface area contributed by atoms with Crippen molar-refractivity contribution in [1.82, 2.24) is 25.1 Å². The summed E-state index contributed by atoms with van der Waals surface area (Å²) in [6.07, 6.45) is 4.96. The summed E-state index contributed by atoms with van der Waals surface area (Å²) in [6.45, 7) is 13.5. The van der Waals surface area contributed by atoms with Crippen LogP contribution in [0.25, 0.3) is 0 Å². The van der Waals surface area contributed by atoms with Crippen molar-refractivity contribution in [3.05, 3.63) is 5.82 Å². The first-order valence-electron chi connectivity index (χ1n) is 8.00. The molecule has 1 saturated heterocycles. The molecule has 1 aliphatic rings. The molecule has 5 nitrogen and oxygen atoms in total. The molecule has 0 aromatic carbocycles. The quantitative estimate of drug-likeness (QED) is 0.831. The number of tetrazole rings is 1. The molecule has 1 aliphatic heterocycles. The summed E-state index contributed by atoms with van der Waals surface area (Å²) in [5.74, 6) is 1.55. The molecule has 0 saturated carbocycles. The van der Waals surface area contributed by atoms with E-state index in [0.717, 1.165) is 12.2 Å². The fourth-order valence-corrected chi connectivity index (χ4v) is 3.04. The minimum atomic E-state index is -0.0260. The molecule has 0 unspecified atom stereocenters. The van der Waals surface area contributed by atoms with Gasteiger partial charge in [-0.2, -0.15) is 0 Å². The Hall–Kier alpha value is -0.970. The Morgan fingerprint density at radius 3 is 2.35 bits per heavy atom. The SMILES string of the molecule is CCC(C)(C)n1nnnc1[C@@H](C(C)C)N1CCCCC1. The summed E-state index contributed by atoms with van der Waals surface area (Å²) in [7, 11) is 0. The van der Waals surface area contributed by atoms with Crippen LogP contribution in [0.1, 0.15) is 72.2 Å². The van der Waals surface area contributed by atoms with Crippen molar-refractivity contribution in [3.63, 3.8) is 0 Å². The Morgan fingerprint density at radius 1 is 1.15 bits per heavy atom. The van der Waals surface area contributed by atoms with Crippen molar-refractivity contribution >= 4 is 0 Å². The van der Waals surface area contributed by atoms with Crippen molar-refractivity contribution in [3.8, 4) is 0 Å². The first-order chi connectivity index (χ1) is 9.47. The van der Waals surface area contributed by atoms with Gasteiger partial charge < -0.3 is 0 Å². The normalized spacial score (nSPS) is 19.5. The van der Waals surface area contributed by atoms with Crippen molar-refractivity contribution in [2.45, 2.75) is 71.9 Å². The van der Waals surface area contributed by atoms with Gasteiger partial charge in [-0.05, 0) is 62.5 Å². The van der Waals surface area contributed by atoms with Crippen LogP contribution in [0.3, 0.4) is 0 Å². The molecule has 0 spiro atoms. The highest BCUT2D eigenvalue weighted by molar-refractivity contribution is 4.99. The average molecular weight is 279 g/mol. The lowest BCUT2D eigenvalue weighted by Crippen LogP contribution is -2.40. The van der Waals surface area contributed by atoms with Gasteiger partial charge in [0.1, 0.15) is 0 Å². The molecular weight excluding hydrogens is 250 g/mol. The molecule has 20 heavy (non-hydrogen) atoms. The third kappa shape index (κ3) is 3.03. The Bertz CT molecular complexity index is 418. The van der Waals surface area contributed by atoms with Gasteiger partial charge in [0.05, 0.1) is 11.6 Å². The van der Waals surface area contributed by atoms with Crippen LogP contribution in [0, 0.1) is 5.92 Å². The number of rotatable bonds is 5. The first-order valence-corrected chi connectivity index (χ1v) is 8.00. The van der Waals surface area contributed by atoms with E-state index in [2.05, 4.69) is 55.0 Å². The highest BCUT2D eigenvalue weighted by Gasteiger charge is 2.33. The number of aromatic nitrogens is 4. The highest BCUT2D eigenvalue weighted by Crippen LogP contribution is 2.32. The molecule has 1 aromatic rings. The van der Waals surface area contributed by atoms with E-state index < -0.39 is 0 Å². The Balaban J connectivity index is 2.33. The van der Waals surface area contributed by atoms with E-state index in [1.807, 2.05) is 4.68 Å². The molecule has 0 amide bonds. The summed E-state index contributed by atoms with van der Waals surface area (Å²) in [5, 5.41) is 12.6. The van der Waals surface area contributed by atoms with Gasteiger partial charge in [-0.15, -0.1) is 5.10 Å². The topological polar surface area (TPSA) is 46.8 Å². The third-order valence-corrected chi connectivity index (χ3v) is 4.61. The summed E-state index contributed by atoms with van der Waals surface area (Å²) in [5.41, 5.74) is -0.0260. The zero-order valence-corrected chi connectivity index (χ0v) is 13.6. The number of hydrogen-bond donors (Lipinski definition) is 0. The molecule has 2 heterocycles. The van der Waals surface area contributed by atoms with Crippen LogP contribution < -0.4 is 0 Å². The smallest absolute Gasteiger partial charge is 0.169 e. The van der Waals surface area contributed by atoms with Gasteiger partial charge in [0.25, 0.3) is 0 Å². The number of piperidine rings is 1. The Labute approximate surface area is 122 Å². The van der Waals surface area contributed by atoms with Gasteiger partial charge in [0.15, 0.2) is 5.82 Å². The lowest BCUT2D eigenvalue weighted by atomic mass is 9.96. The van der Waals surface area contributed by atoms with Crippen LogP contribution in [0.5, 0.6) is 0 Å². The second kappa shape index (κ2) is 6.20. The average Bonchev–Trinajstić information content (AvgIpc) is 2.89. The molecule has 0 aliphatic carbocycles. The Morgan fingerprint density at radius 2 is 1.80 bits per heavy atom. The van der Waals surface area contributed by atoms with Crippen LogP contribution in [0.4, 0.5) is 0 Å². The largest absolute Gasteiger partial charge is 0.293 e. The van der Waals surface area contributed by atoms with Gasteiger partial charge in [-0.1, -0.05) is 27.2 Å². The van der Waals surface area contributed by atoms with Crippen LogP contribution in [-0.4, -0.2) is 38.2 Å². The van der Waals surface area contributed by atoms with E-state index in [-0.39, 0.29) is 5.54 Å². The maximum absolute atomic E-state index is 4.39. The summed E-state index contributed by atoms with van der Waals surface area (Å²) in [4.78, 5) is 2.57. The first kappa shape index (κ1) is 15.4. The molecule has 5 heteroatoms. The molecule has 1 aromatic heterocycles. The zero-order valence-electron chi connectivity index (χ0n) is 13.6. The second-order valence-corrected chi connectivity index (χ2v) is 6.90. The van der Waals surface area contributed by atoms with E-state index in [1.54, 1.807) is 0 Å². The van der Waals surface area contributed by atoms with Gasteiger partial charge in [-0.25, -0.2) is 4.68 Å². The molecule has 1 atom stereocenters. The van der Waals surface area contributed by atoms with Gasteiger partial charge in [0.2, 0.25) is 0 Å². The van der Waals surface area contributed by atoms with Crippen molar-refractivity contribution in [2.75, 3.05) is 13.1 Å². The number of likely N-dealkylation sites (tertiary alicyclic amines) is 1. The van der Waals surface area contributed by atoms with Crippen LogP contribution in [-0.2, 0) is 5.54 Å². The molecule has 0 N–H and O–H groups in total. The lowest BCUT2D eigenvalue weighted by Gasteiger charge is -2.37. The van der Waals surface area contributed by atoms with E-state index >= 15 is 0 Å². The van der Waals surface area contributed by atoms with Crippen molar-refractivity contribution in [2.24, 2.45) is 5.92 Å². The number of nitrogens with zero attached hydrogens (tertiary/aromatic N) is 5. The maximum Gasteiger partial charge on any atom is 0.169 e. The van der Waals surface area contributed by atoms with Crippen LogP contribution in [0.2, 0.25) is 0 Å². The Kier molecular flexibility index (Phi) is 4.78. The maximum atomic E-state index is 4.39. The molecule has 0 bridgehead atoms. The van der Waals surface area contributed by atoms with Crippen molar-refractivity contribution < 1.29 is 0 Å². The predicted octanol–water partition coefficient (Wildman–Crippen LogP) is 3.00. The summed E-state index contributed by atoms with van der Waals surface area (Å²) < 4.78 is 2.05. The minimum Gasteiger partial charge on any atom is -0.293 e. The van der Waals surface area contributed by atoms with Crippen molar-refractivity contribution in [1.29, 1.82) is 0 Å². The predicted molar refractivity (Wildman–Crippen MR) is 80.4 cm³/mol. The van der Waals surface area contributed by atoms with Crippen LogP contribution >= 0.6 is 0 Å². The fraction of sp³-hybridized carbons (Fsp3) is 0.933. The third-order valence-electron chi connectivity index (χ3n) is 4.61. The molecule has 2 rings (SSSR count). The van der Waals surface area contributed by atoms with E-state index in [1.165, 1.54) is 32.4 Å². The molecular formula is C15H29N5. The van der Waals surface area contributed by atoms with Gasteiger partial charge in [-0.3, -0.25) is 4.90 Å². The highest BCUT2D eigenvalue weighted by atomic mass is 15.6. The summed E-state index contributed by atoms with van der Waals surface area (Å²) in [6, 6.07) is 0.330. The van der Waals surface area contributed by atoms with E-state index in [9.17, 15) is 0 Å². The minimum absolute atomic E-state index is 0.0260. The molecule has 1 fully saturated rings. The summed E-state index contributed by atoms with van der Waals surface area (Å²) >= 11 is 0. The lowest BCUT2D eigenvalue weighted by molar-refractivity contribution is 0.111. The van der Waals surface area contributed by atoms with Crippen LogP contribution in [0.15, 0.2) is 0 Å².